The molecule has 3 rings (SSSR count). The summed E-state index contributed by atoms with van der Waals surface area (Å²) in [6, 6.07) is 14.3. The fourth-order valence-electron chi connectivity index (χ4n) is 2.99. The Balaban J connectivity index is 1.60. The molecular formula is C19H23N3O2. The zero-order valence-electron chi connectivity index (χ0n) is 14.3. The summed E-state index contributed by atoms with van der Waals surface area (Å²) in [5.41, 5.74) is 3.79. The van der Waals surface area contributed by atoms with Gasteiger partial charge in [-0.2, -0.15) is 0 Å². The van der Waals surface area contributed by atoms with E-state index in [0.29, 0.717) is 17.4 Å². The molecule has 126 valence electrons. The Hall–Kier alpha value is -2.69. The van der Waals surface area contributed by atoms with Gasteiger partial charge in [0.2, 0.25) is 0 Å². The highest BCUT2D eigenvalue weighted by Crippen LogP contribution is 2.34. The quantitative estimate of drug-likeness (QED) is 0.655. The second-order valence-corrected chi connectivity index (χ2v) is 5.75. The number of hydrogen-bond acceptors (Lipinski definition) is 3. The zero-order chi connectivity index (χ0) is 16.9. The normalized spacial score (nSPS) is 16.0. The minimum atomic E-state index is 0.546. The SMILES string of the molecule is CN=C(NCC1Cc2ccccc21)Nc1ccc(OC)c(OC)c1. The van der Waals surface area contributed by atoms with Crippen LogP contribution in [-0.2, 0) is 6.42 Å². The molecule has 0 saturated heterocycles. The lowest BCUT2D eigenvalue weighted by Gasteiger charge is -2.30. The Kier molecular flexibility index (Phi) is 4.89. The van der Waals surface area contributed by atoms with Crippen LogP contribution in [0.4, 0.5) is 5.69 Å². The first kappa shape index (κ1) is 16.2. The molecule has 1 atom stereocenters. The molecule has 0 fully saturated rings. The van der Waals surface area contributed by atoms with Crippen LogP contribution in [0.5, 0.6) is 11.5 Å². The molecule has 2 aromatic rings. The number of benzene rings is 2. The van der Waals surface area contributed by atoms with E-state index < -0.39 is 0 Å². The summed E-state index contributed by atoms with van der Waals surface area (Å²) < 4.78 is 10.6. The molecule has 2 aromatic carbocycles. The second-order valence-electron chi connectivity index (χ2n) is 5.75. The fourth-order valence-corrected chi connectivity index (χ4v) is 2.99. The maximum absolute atomic E-state index is 5.33. The lowest BCUT2D eigenvalue weighted by molar-refractivity contribution is 0.355. The molecule has 0 bridgehead atoms. The number of anilines is 1. The molecule has 0 heterocycles. The van der Waals surface area contributed by atoms with Gasteiger partial charge in [-0.15, -0.1) is 0 Å². The largest absolute Gasteiger partial charge is 0.493 e. The highest BCUT2D eigenvalue weighted by atomic mass is 16.5. The molecule has 0 saturated carbocycles. The Labute approximate surface area is 142 Å². The number of rotatable bonds is 5. The summed E-state index contributed by atoms with van der Waals surface area (Å²) >= 11 is 0. The van der Waals surface area contributed by atoms with Crippen molar-refractivity contribution >= 4 is 11.6 Å². The topological polar surface area (TPSA) is 54.9 Å². The monoisotopic (exact) mass is 325 g/mol. The molecular weight excluding hydrogens is 302 g/mol. The average molecular weight is 325 g/mol. The smallest absolute Gasteiger partial charge is 0.195 e. The van der Waals surface area contributed by atoms with Crippen molar-refractivity contribution in [2.24, 2.45) is 4.99 Å². The first-order chi connectivity index (χ1) is 11.7. The van der Waals surface area contributed by atoms with Crippen molar-refractivity contribution in [3.63, 3.8) is 0 Å². The summed E-state index contributed by atoms with van der Waals surface area (Å²) in [6.07, 6.45) is 1.12. The number of fused-ring (bicyclic) bond motifs is 1. The van der Waals surface area contributed by atoms with E-state index in [1.165, 1.54) is 11.1 Å². The highest BCUT2D eigenvalue weighted by Gasteiger charge is 2.25. The highest BCUT2D eigenvalue weighted by molar-refractivity contribution is 5.93. The Morgan fingerprint density at radius 1 is 1.12 bits per heavy atom. The van der Waals surface area contributed by atoms with Gasteiger partial charge in [-0.25, -0.2) is 0 Å². The maximum Gasteiger partial charge on any atom is 0.195 e. The van der Waals surface area contributed by atoms with Crippen LogP contribution >= 0.6 is 0 Å². The Bertz CT molecular complexity index is 743. The van der Waals surface area contributed by atoms with Crippen LogP contribution in [0.2, 0.25) is 0 Å². The van der Waals surface area contributed by atoms with Gasteiger partial charge in [-0.3, -0.25) is 4.99 Å². The number of nitrogens with one attached hydrogen (secondary N) is 2. The van der Waals surface area contributed by atoms with E-state index in [4.69, 9.17) is 9.47 Å². The molecule has 5 heteroatoms. The minimum Gasteiger partial charge on any atom is -0.493 e. The van der Waals surface area contributed by atoms with Crippen LogP contribution in [0.3, 0.4) is 0 Å². The predicted molar refractivity (Wildman–Crippen MR) is 97.4 cm³/mol. The van der Waals surface area contributed by atoms with Gasteiger partial charge in [0.15, 0.2) is 17.5 Å². The molecule has 24 heavy (non-hydrogen) atoms. The number of guanidine groups is 1. The number of nitrogens with zero attached hydrogens (tertiary/aromatic N) is 1. The molecule has 0 spiro atoms. The maximum atomic E-state index is 5.33. The van der Waals surface area contributed by atoms with E-state index in [2.05, 4.69) is 39.9 Å². The van der Waals surface area contributed by atoms with Crippen LogP contribution < -0.4 is 20.1 Å². The Morgan fingerprint density at radius 2 is 1.92 bits per heavy atom. The summed E-state index contributed by atoms with van der Waals surface area (Å²) in [5, 5.41) is 6.68. The number of ether oxygens (including phenoxy) is 2. The first-order valence-electron chi connectivity index (χ1n) is 8.02. The van der Waals surface area contributed by atoms with Crippen molar-refractivity contribution in [3.8, 4) is 11.5 Å². The van der Waals surface area contributed by atoms with E-state index in [1.807, 2.05) is 18.2 Å². The van der Waals surface area contributed by atoms with Crippen molar-refractivity contribution in [2.75, 3.05) is 33.1 Å². The van der Waals surface area contributed by atoms with Crippen LogP contribution in [0.15, 0.2) is 47.5 Å². The van der Waals surface area contributed by atoms with E-state index in [9.17, 15) is 0 Å². The molecule has 2 N–H and O–H groups in total. The number of methoxy groups -OCH3 is 2. The average Bonchev–Trinajstić information content (AvgIpc) is 2.61. The molecule has 0 radical (unpaired) electrons. The van der Waals surface area contributed by atoms with E-state index in [1.54, 1.807) is 21.3 Å². The lowest BCUT2D eigenvalue weighted by Crippen LogP contribution is -2.37. The Morgan fingerprint density at radius 3 is 2.62 bits per heavy atom. The number of hydrogen-bond donors (Lipinski definition) is 2. The number of aliphatic imine (C=N–C) groups is 1. The third-order valence-electron chi connectivity index (χ3n) is 4.35. The molecule has 1 aliphatic carbocycles. The van der Waals surface area contributed by atoms with Crippen molar-refractivity contribution in [3.05, 3.63) is 53.6 Å². The van der Waals surface area contributed by atoms with E-state index >= 15 is 0 Å². The summed E-state index contributed by atoms with van der Waals surface area (Å²) in [6.45, 7) is 0.865. The predicted octanol–water partition coefficient (Wildman–Crippen LogP) is 3.03. The van der Waals surface area contributed by atoms with Gasteiger partial charge in [-0.1, -0.05) is 24.3 Å². The summed E-state index contributed by atoms with van der Waals surface area (Å²) in [7, 11) is 5.02. The van der Waals surface area contributed by atoms with Gasteiger partial charge in [0.25, 0.3) is 0 Å². The van der Waals surface area contributed by atoms with Gasteiger partial charge >= 0.3 is 0 Å². The molecule has 0 amide bonds. The van der Waals surface area contributed by atoms with Gasteiger partial charge in [0, 0.05) is 31.3 Å². The van der Waals surface area contributed by atoms with Gasteiger partial charge in [0.1, 0.15) is 0 Å². The molecule has 1 unspecified atom stereocenters. The lowest BCUT2D eigenvalue weighted by atomic mass is 9.78. The summed E-state index contributed by atoms with van der Waals surface area (Å²) in [4.78, 5) is 4.29. The molecule has 0 aliphatic heterocycles. The van der Waals surface area contributed by atoms with Crippen LogP contribution in [-0.4, -0.2) is 33.8 Å². The van der Waals surface area contributed by atoms with Crippen molar-refractivity contribution < 1.29 is 9.47 Å². The van der Waals surface area contributed by atoms with Gasteiger partial charge < -0.3 is 20.1 Å². The standard InChI is InChI=1S/C19H23N3O2/c1-20-19(21-12-14-10-13-6-4-5-7-16(13)14)22-15-8-9-17(23-2)18(11-15)24-3/h4-9,11,14H,10,12H2,1-3H3,(H2,20,21,22). The van der Waals surface area contributed by atoms with Crippen molar-refractivity contribution in [1.29, 1.82) is 0 Å². The second kappa shape index (κ2) is 7.25. The molecule has 0 aromatic heterocycles. The van der Waals surface area contributed by atoms with Crippen molar-refractivity contribution in [2.45, 2.75) is 12.3 Å². The molecule has 5 nitrogen and oxygen atoms in total. The fraction of sp³-hybridized carbons (Fsp3) is 0.316. The zero-order valence-corrected chi connectivity index (χ0v) is 14.3. The van der Waals surface area contributed by atoms with Gasteiger partial charge in [-0.05, 0) is 29.7 Å². The minimum absolute atomic E-state index is 0.546. The molecule has 1 aliphatic rings. The first-order valence-corrected chi connectivity index (χ1v) is 8.02. The van der Waals surface area contributed by atoms with E-state index in [0.717, 1.165) is 24.6 Å². The van der Waals surface area contributed by atoms with Crippen molar-refractivity contribution in [1.82, 2.24) is 5.32 Å². The van der Waals surface area contributed by atoms with Gasteiger partial charge in [0.05, 0.1) is 14.2 Å². The third-order valence-corrected chi connectivity index (χ3v) is 4.35. The van der Waals surface area contributed by atoms with Crippen LogP contribution in [0.1, 0.15) is 17.0 Å². The van der Waals surface area contributed by atoms with Crippen LogP contribution in [0.25, 0.3) is 0 Å². The third kappa shape index (κ3) is 3.30. The van der Waals surface area contributed by atoms with Crippen LogP contribution in [0, 0.1) is 0 Å². The van der Waals surface area contributed by atoms with E-state index in [-0.39, 0.29) is 0 Å². The summed E-state index contributed by atoms with van der Waals surface area (Å²) in [5.74, 6) is 2.68.